The van der Waals surface area contributed by atoms with E-state index in [0.717, 1.165) is 11.3 Å². The van der Waals surface area contributed by atoms with Crippen molar-refractivity contribution in [3.05, 3.63) is 106 Å². The van der Waals surface area contributed by atoms with Gasteiger partial charge in [0.05, 0.1) is 10.9 Å². The number of amidine groups is 1. The van der Waals surface area contributed by atoms with Crippen LogP contribution >= 0.6 is 23.2 Å². The van der Waals surface area contributed by atoms with E-state index in [4.69, 9.17) is 34.3 Å². The van der Waals surface area contributed by atoms with Gasteiger partial charge in [-0.1, -0.05) is 59.6 Å². The molecule has 0 radical (unpaired) electrons. The van der Waals surface area contributed by atoms with Crippen molar-refractivity contribution < 1.29 is 13.2 Å². The smallest absolute Gasteiger partial charge is 0.315 e. The monoisotopic (exact) mass is 653 g/mol. The van der Waals surface area contributed by atoms with Gasteiger partial charge in [-0.3, -0.25) is 5.41 Å². The van der Waals surface area contributed by atoms with E-state index >= 15 is 0 Å². The van der Waals surface area contributed by atoms with Gasteiger partial charge < -0.3 is 20.9 Å². The molecule has 2 amide bonds. The largest absolute Gasteiger partial charge is 0.384 e. The van der Waals surface area contributed by atoms with Crippen molar-refractivity contribution in [1.29, 1.82) is 5.41 Å². The van der Waals surface area contributed by atoms with Gasteiger partial charge in [-0.15, -0.1) is 0 Å². The standard InChI is InChI=1S/C31H33Cl2N7O3S/c1-2-36-31(41)38-23-11-12-40-24(17-23)18-37-30(40)28(14-19-5-3-7-21(13-19)29(34)35)39-44(42,43)25-8-4-6-20(15-25)26-10-9-22(32)16-27(26)33/h3-10,13,15-16,18,23,28,39H,2,11-12,14,17H2,1H3,(H3,34,35)(H2,36,38,41)/t23?,28-/m0/s1. The molecule has 5 rings (SSSR count). The predicted molar refractivity (Wildman–Crippen MR) is 173 cm³/mol. The molecule has 0 fully saturated rings. The van der Waals surface area contributed by atoms with Crippen LogP contribution in [0, 0.1) is 5.41 Å². The molecule has 0 saturated carbocycles. The Kier molecular flexibility index (Phi) is 9.59. The van der Waals surface area contributed by atoms with E-state index in [2.05, 4.69) is 20.3 Å². The Hall–Kier alpha value is -3.90. The number of nitrogens with two attached hydrogens (primary N) is 1. The maximum Gasteiger partial charge on any atom is 0.315 e. The molecular weight excluding hydrogens is 621 g/mol. The number of nitrogens with one attached hydrogen (secondary N) is 4. The molecule has 1 aliphatic rings. The van der Waals surface area contributed by atoms with Gasteiger partial charge in [0.2, 0.25) is 10.0 Å². The van der Waals surface area contributed by atoms with Crippen LogP contribution in [0.3, 0.4) is 0 Å². The van der Waals surface area contributed by atoms with Gasteiger partial charge >= 0.3 is 6.03 Å². The average molecular weight is 655 g/mol. The first-order valence-corrected chi connectivity index (χ1v) is 16.4. The number of benzene rings is 3. The Morgan fingerprint density at radius 2 is 1.93 bits per heavy atom. The van der Waals surface area contributed by atoms with Crippen molar-refractivity contribution >= 4 is 45.1 Å². The zero-order valence-corrected chi connectivity index (χ0v) is 26.3. The number of nitrogens with zero attached hydrogens (tertiary/aromatic N) is 2. The molecule has 2 atom stereocenters. The minimum absolute atomic E-state index is 0.0663. The molecule has 44 heavy (non-hydrogen) atoms. The Morgan fingerprint density at radius 3 is 2.68 bits per heavy atom. The van der Waals surface area contributed by atoms with Gasteiger partial charge in [-0.2, -0.15) is 0 Å². The minimum atomic E-state index is -4.05. The van der Waals surface area contributed by atoms with E-state index in [9.17, 15) is 13.2 Å². The normalized spacial score (nSPS) is 15.3. The van der Waals surface area contributed by atoms with Crippen LogP contribution in [-0.2, 0) is 29.4 Å². The number of hydrogen-bond acceptors (Lipinski definition) is 5. The molecule has 6 N–H and O–H groups in total. The molecule has 0 saturated heterocycles. The van der Waals surface area contributed by atoms with Crippen LogP contribution in [0.25, 0.3) is 11.1 Å². The zero-order valence-electron chi connectivity index (χ0n) is 24.0. The topological polar surface area (TPSA) is 155 Å². The SMILES string of the molecule is CCNC(=O)NC1CCn2c(cnc2[C@H](Cc2cccc(C(=N)N)c2)NS(=O)(=O)c2cccc(-c3ccc(Cl)cc3Cl)c2)C1. The third-order valence-corrected chi connectivity index (χ3v) is 9.49. The summed E-state index contributed by atoms with van der Waals surface area (Å²) in [7, 11) is -4.05. The summed E-state index contributed by atoms with van der Waals surface area (Å²) in [5.74, 6) is 0.482. The highest BCUT2D eigenvalue weighted by atomic mass is 35.5. The number of aromatic nitrogens is 2. The van der Waals surface area contributed by atoms with Crippen molar-refractivity contribution in [3.8, 4) is 11.1 Å². The lowest BCUT2D eigenvalue weighted by Gasteiger charge is -2.28. The average Bonchev–Trinajstić information content (AvgIpc) is 3.40. The molecule has 0 aliphatic carbocycles. The van der Waals surface area contributed by atoms with Crippen LogP contribution in [-0.4, -0.2) is 42.4 Å². The van der Waals surface area contributed by atoms with Crippen LogP contribution in [0.1, 0.15) is 42.0 Å². The number of nitrogen functional groups attached to an aromatic ring is 1. The third kappa shape index (κ3) is 7.24. The van der Waals surface area contributed by atoms with Crippen LogP contribution in [0.2, 0.25) is 10.0 Å². The van der Waals surface area contributed by atoms with Gasteiger partial charge in [0.15, 0.2) is 0 Å². The van der Waals surface area contributed by atoms with E-state index in [1.165, 1.54) is 6.07 Å². The molecule has 1 unspecified atom stereocenters. The van der Waals surface area contributed by atoms with E-state index < -0.39 is 16.1 Å². The summed E-state index contributed by atoms with van der Waals surface area (Å²) in [6, 6.07) is 17.7. The number of amides is 2. The molecule has 10 nitrogen and oxygen atoms in total. The minimum Gasteiger partial charge on any atom is -0.384 e. The molecule has 3 aromatic carbocycles. The fourth-order valence-electron chi connectivity index (χ4n) is 5.38. The number of fused-ring (bicyclic) bond motifs is 1. The molecule has 1 aliphatic heterocycles. The molecule has 2 heterocycles. The van der Waals surface area contributed by atoms with Gasteiger partial charge in [-0.05, 0) is 61.2 Å². The predicted octanol–water partition coefficient (Wildman–Crippen LogP) is 5.04. The van der Waals surface area contributed by atoms with Crippen LogP contribution in [0.5, 0.6) is 0 Å². The first kappa shape index (κ1) is 31.5. The van der Waals surface area contributed by atoms with Gasteiger partial charge in [0.25, 0.3) is 0 Å². The molecule has 13 heteroatoms. The molecular formula is C31H33Cl2N7O3S. The molecule has 0 bridgehead atoms. The summed E-state index contributed by atoms with van der Waals surface area (Å²) in [5.41, 5.74) is 9.24. The number of imidazole rings is 1. The first-order valence-electron chi connectivity index (χ1n) is 14.1. The van der Waals surface area contributed by atoms with Crippen molar-refractivity contribution in [3.63, 3.8) is 0 Å². The quantitative estimate of drug-likeness (QED) is 0.120. The number of rotatable bonds is 10. The summed E-state index contributed by atoms with van der Waals surface area (Å²) in [6.07, 6.45) is 3.22. The second-order valence-electron chi connectivity index (χ2n) is 10.6. The first-order chi connectivity index (χ1) is 21.0. The van der Waals surface area contributed by atoms with E-state index in [1.54, 1.807) is 60.8 Å². The van der Waals surface area contributed by atoms with E-state index in [-0.39, 0.29) is 29.2 Å². The number of sulfonamides is 1. The molecule has 1 aromatic heterocycles. The lowest BCUT2D eigenvalue weighted by molar-refractivity contribution is 0.234. The van der Waals surface area contributed by atoms with Crippen molar-refractivity contribution in [2.45, 2.75) is 49.7 Å². The van der Waals surface area contributed by atoms with Gasteiger partial charge in [-0.25, -0.2) is 22.9 Å². The highest BCUT2D eigenvalue weighted by molar-refractivity contribution is 7.89. The number of carbonyl (C=O) groups is 1. The Bertz CT molecular complexity index is 1810. The number of hydrogen-bond donors (Lipinski definition) is 5. The second-order valence-corrected chi connectivity index (χ2v) is 13.2. The van der Waals surface area contributed by atoms with E-state index in [1.807, 2.05) is 17.6 Å². The van der Waals surface area contributed by atoms with Crippen molar-refractivity contribution in [2.24, 2.45) is 5.73 Å². The van der Waals surface area contributed by atoms with E-state index in [0.29, 0.717) is 58.5 Å². The zero-order chi connectivity index (χ0) is 31.4. The highest BCUT2D eigenvalue weighted by Gasteiger charge is 2.30. The summed E-state index contributed by atoms with van der Waals surface area (Å²) in [6.45, 7) is 2.94. The fourth-order valence-corrected chi connectivity index (χ4v) is 7.14. The molecule has 0 spiro atoms. The summed E-state index contributed by atoms with van der Waals surface area (Å²) < 4.78 is 32.7. The molecule has 230 valence electrons. The maximum absolute atomic E-state index is 13.9. The number of halogens is 2. The Labute approximate surface area is 266 Å². The second kappa shape index (κ2) is 13.4. The van der Waals surface area contributed by atoms with Crippen LogP contribution in [0.15, 0.2) is 77.8 Å². The number of urea groups is 1. The van der Waals surface area contributed by atoms with Crippen LogP contribution in [0.4, 0.5) is 4.79 Å². The lowest BCUT2D eigenvalue weighted by Crippen LogP contribution is -2.45. The Morgan fingerprint density at radius 1 is 1.14 bits per heavy atom. The number of carbonyl (C=O) groups excluding carboxylic acids is 1. The van der Waals surface area contributed by atoms with Crippen molar-refractivity contribution in [1.82, 2.24) is 24.9 Å². The summed E-state index contributed by atoms with van der Waals surface area (Å²) in [4.78, 5) is 16.8. The Balaban J connectivity index is 1.47. The third-order valence-electron chi connectivity index (χ3n) is 7.47. The van der Waals surface area contributed by atoms with Gasteiger partial charge in [0.1, 0.15) is 11.7 Å². The summed E-state index contributed by atoms with van der Waals surface area (Å²) >= 11 is 12.5. The maximum atomic E-state index is 13.9. The summed E-state index contributed by atoms with van der Waals surface area (Å²) in [5, 5.41) is 14.5. The lowest BCUT2D eigenvalue weighted by atomic mass is 10.0. The van der Waals surface area contributed by atoms with Gasteiger partial charge in [0, 0.05) is 58.6 Å². The van der Waals surface area contributed by atoms with Crippen LogP contribution < -0.4 is 21.1 Å². The van der Waals surface area contributed by atoms with Crippen molar-refractivity contribution in [2.75, 3.05) is 6.54 Å². The fraction of sp³-hybridized carbons (Fsp3) is 0.258. The highest BCUT2D eigenvalue weighted by Crippen LogP contribution is 2.32. The molecule has 4 aromatic rings.